The third-order valence-corrected chi connectivity index (χ3v) is 4.66. The van der Waals surface area contributed by atoms with E-state index >= 15 is 0 Å². The Morgan fingerprint density at radius 2 is 1.90 bits per heavy atom. The van der Waals surface area contributed by atoms with Gasteiger partial charge in [-0.3, -0.25) is 4.68 Å². The van der Waals surface area contributed by atoms with Gasteiger partial charge in [0.25, 0.3) is 0 Å². The van der Waals surface area contributed by atoms with Crippen LogP contribution in [0.5, 0.6) is 0 Å². The van der Waals surface area contributed by atoms with E-state index in [9.17, 15) is 8.42 Å². The molecule has 1 aromatic heterocycles. The maximum Gasteiger partial charge on any atom is 0.208 e. The summed E-state index contributed by atoms with van der Waals surface area (Å²) in [6.07, 6.45) is 4.96. The number of nitrogens with one attached hydrogen (secondary N) is 1. The van der Waals surface area contributed by atoms with E-state index in [2.05, 4.69) is 34.4 Å². The first-order valence-corrected chi connectivity index (χ1v) is 9.18. The molecule has 0 radical (unpaired) electrons. The van der Waals surface area contributed by atoms with Crippen molar-refractivity contribution in [3.05, 3.63) is 17.5 Å². The molecule has 1 saturated carbocycles. The van der Waals surface area contributed by atoms with Crippen molar-refractivity contribution in [1.29, 1.82) is 0 Å². The van der Waals surface area contributed by atoms with Gasteiger partial charge in [-0.05, 0) is 44.6 Å². The van der Waals surface area contributed by atoms with E-state index in [-0.39, 0.29) is 6.04 Å². The van der Waals surface area contributed by atoms with E-state index in [1.807, 2.05) is 6.92 Å². The highest BCUT2D eigenvalue weighted by atomic mass is 32.2. The molecule has 0 atom stereocenters. The molecule has 1 N–H and O–H groups in total. The second-order valence-corrected chi connectivity index (χ2v) is 7.99. The summed E-state index contributed by atoms with van der Waals surface area (Å²) >= 11 is 0. The third kappa shape index (κ3) is 3.82. The van der Waals surface area contributed by atoms with Crippen LogP contribution in [-0.2, 0) is 10.0 Å². The van der Waals surface area contributed by atoms with E-state index in [0.29, 0.717) is 12.0 Å². The standard InChI is InChI=1S/C14H25N3O2S/c1-10(2)14-9-11(3)15-17(14)13-7-5-12(6-8-13)16-20(4,18)19/h9-10,12-13,16H,5-8H2,1-4H3. The van der Waals surface area contributed by atoms with E-state index in [1.54, 1.807) is 0 Å². The number of nitrogens with zero attached hydrogens (tertiary/aromatic N) is 2. The molecule has 0 saturated heterocycles. The van der Waals surface area contributed by atoms with E-state index in [1.165, 1.54) is 11.9 Å². The molecule has 1 aliphatic carbocycles. The lowest BCUT2D eigenvalue weighted by Gasteiger charge is -2.30. The lowest BCUT2D eigenvalue weighted by molar-refractivity contribution is 0.286. The van der Waals surface area contributed by atoms with E-state index < -0.39 is 10.0 Å². The van der Waals surface area contributed by atoms with Gasteiger partial charge >= 0.3 is 0 Å². The Balaban J connectivity index is 2.04. The first-order valence-electron chi connectivity index (χ1n) is 7.29. The molecule has 2 rings (SSSR count). The Morgan fingerprint density at radius 3 is 2.40 bits per heavy atom. The Bertz CT molecular complexity index is 555. The van der Waals surface area contributed by atoms with Crippen LogP contribution in [0.3, 0.4) is 0 Å². The van der Waals surface area contributed by atoms with Gasteiger partial charge in [0.15, 0.2) is 0 Å². The van der Waals surface area contributed by atoms with Gasteiger partial charge in [0.2, 0.25) is 10.0 Å². The van der Waals surface area contributed by atoms with Crippen LogP contribution in [0.1, 0.15) is 62.9 Å². The minimum absolute atomic E-state index is 0.0837. The fraction of sp³-hybridized carbons (Fsp3) is 0.786. The summed E-state index contributed by atoms with van der Waals surface area (Å²) in [6, 6.07) is 2.64. The molecule has 1 aliphatic rings. The molecule has 0 amide bonds. The van der Waals surface area contributed by atoms with Gasteiger partial charge in [-0.1, -0.05) is 13.8 Å². The van der Waals surface area contributed by atoms with Crippen LogP contribution in [0.2, 0.25) is 0 Å². The first-order chi connectivity index (χ1) is 9.26. The van der Waals surface area contributed by atoms with Crippen LogP contribution in [-0.4, -0.2) is 30.5 Å². The molecule has 0 bridgehead atoms. The van der Waals surface area contributed by atoms with Crippen LogP contribution in [0.4, 0.5) is 0 Å². The zero-order valence-electron chi connectivity index (χ0n) is 12.8. The van der Waals surface area contributed by atoms with Crippen molar-refractivity contribution >= 4 is 10.0 Å². The number of aryl methyl sites for hydroxylation is 1. The SMILES string of the molecule is Cc1cc(C(C)C)n(C2CCC(NS(C)(=O)=O)CC2)n1. The molecule has 0 aliphatic heterocycles. The minimum Gasteiger partial charge on any atom is -0.266 e. The highest BCUT2D eigenvalue weighted by molar-refractivity contribution is 7.88. The Labute approximate surface area is 121 Å². The van der Waals surface area contributed by atoms with Crippen molar-refractivity contribution in [2.45, 2.75) is 64.5 Å². The Kier molecular flexibility index (Phi) is 4.54. The number of rotatable bonds is 4. The van der Waals surface area contributed by atoms with Gasteiger partial charge in [0, 0.05) is 11.7 Å². The van der Waals surface area contributed by atoms with Gasteiger partial charge in [-0.25, -0.2) is 13.1 Å². The zero-order chi connectivity index (χ0) is 14.9. The van der Waals surface area contributed by atoms with Crippen LogP contribution in [0, 0.1) is 6.92 Å². The monoisotopic (exact) mass is 299 g/mol. The van der Waals surface area contributed by atoms with Crippen molar-refractivity contribution in [1.82, 2.24) is 14.5 Å². The molecule has 20 heavy (non-hydrogen) atoms. The van der Waals surface area contributed by atoms with Crippen molar-refractivity contribution in [3.8, 4) is 0 Å². The maximum atomic E-state index is 11.3. The average Bonchev–Trinajstić information content (AvgIpc) is 2.70. The van der Waals surface area contributed by atoms with Crippen LogP contribution in [0.25, 0.3) is 0 Å². The van der Waals surface area contributed by atoms with E-state index in [4.69, 9.17) is 0 Å². The highest BCUT2D eigenvalue weighted by Gasteiger charge is 2.26. The molecule has 6 heteroatoms. The van der Waals surface area contributed by atoms with Crippen molar-refractivity contribution in [3.63, 3.8) is 0 Å². The van der Waals surface area contributed by atoms with Gasteiger partial charge < -0.3 is 0 Å². The fourth-order valence-corrected chi connectivity index (χ4v) is 3.84. The Hall–Kier alpha value is -0.880. The smallest absolute Gasteiger partial charge is 0.208 e. The summed E-state index contributed by atoms with van der Waals surface area (Å²) in [5.41, 5.74) is 2.34. The van der Waals surface area contributed by atoms with Gasteiger partial charge in [-0.15, -0.1) is 0 Å². The first kappa shape index (κ1) is 15.5. The lowest BCUT2D eigenvalue weighted by Crippen LogP contribution is -2.37. The zero-order valence-corrected chi connectivity index (χ0v) is 13.6. The number of hydrogen-bond donors (Lipinski definition) is 1. The van der Waals surface area contributed by atoms with Gasteiger partial charge in [0.05, 0.1) is 18.0 Å². The molecule has 1 aromatic rings. The number of aromatic nitrogens is 2. The van der Waals surface area contributed by atoms with E-state index in [0.717, 1.165) is 31.4 Å². The predicted molar refractivity (Wildman–Crippen MR) is 80.3 cm³/mol. The molecular weight excluding hydrogens is 274 g/mol. The van der Waals surface area contributed by atoms with Crippen molar-refractivity contribution < 1.29 is 8.42 Å². The largest absolute Gasteiger partial charge is 0.266 e. The third-order valence-electron chi connectivity index (χ3n) is 3.90. The summed E-state index contributed by atoms with van der Waals surface area (Å²) in [4.78, 5) is 0. The van der Waals surface area contributed by atoms with Crippen LogP contribution < -0.4 is 4.72 Å². The topological polar surface area (TPSA) is 64.0 Å². The molecule has 0 spiro atoms. The summed E-state index contributed by atoms with van der Waals surface area (Å²) in [7, 11) is -3.10. The number of hydrogen-bond acceptors (Lipinski definition) is 3. The molecule has 0 unspecified atom stereocenters. The fourth-order valence-electron chi connectivity index (χ4n) is 3.00. The molecule has 1 fully saturated rings. The van der Waals surface area contributed by atoms with Crippen molar-refractivity contribution in [2.24, 2.45) is 0 Å². The second kappa shape index (κ2) is 5.85. The molecule has 1 heterocycles. The Morgan fingerprint density at radius 1 is 1.30 bits per heavy atom. The average molecular weight is 299 g/mol. The normalized spacial score (nSPS) is 24.2. The molecule has 114 valence electrons. The van der Waals surface area contributed by atoms with Crippen LogP contribution in [0.15, 0.2) is 6.07 Å². The van der Waals surface area contributed by atoms with Gasteiger partial charge in [0.1, 0.15) is 0 Å². The summed E-state index contributed by atoms with van der Waals surface area (Å²) < 4.78 is 27.4. The molecule has 0 aromatic carbocycles. The highest BCUT2D eigenvalue weighted by Crippen LogP contribution is 2.31. The van der Waals surface area contributed by atoms with Gasteiger partial charge in [-0.2, -0.15) is 5.10 Å². The summed E-state index contributed by atoms with van der Waals surface area (Å²) in [5, 5.41) is 4.63. The molecular formula is C14H25N3O2S. The predicted octanol–water partition coefficient (Wildman–Crippen LogP) is 2.35. The molecule has 5 nitrogen and oxygen atoms in total. The van der Waals surface area contributed by atoms with Crippen molar-refractivity contribution in [2.75, 3.05) is 6.26 Å². The quantitative estimate of drug-likeness (QED) is 0.928. The summed E-state index contributed by atoms with van der Waals surface area (Å²) in [5.74, 6) is 0.461. The second-order valence-electron chi connectivity index (χ2n) is 6.21. The summed E-state index contributed by atoms with van der Waals surface area (Å²) in [6.45, 7) is 6.40. The lowest BCUT2D eigenvalue weighted by atomic mass is 9.91. The van der Waals surface area contributed by atoms with Crippen LogP contribution >= 0.6 is 0 Å². The number of sulfonamides is 1. The maximum absolute atomic E-state index is 11.3. The minimum atomic E-state index is -3.10.